The fourth-order valence-electron chi connectivity index (χ4n) is 1.47. The van der Waals surface area contributed by atoms with Crippen molar-refractivity contribution in [1.29, 1.82) is 0 Å². The Labute approximate surface area is 130 Å². The molecule has 0 amide bonds. The van der Waals surface area contributed by atoms with Crippen molar-refractivity contribution >= 4 is 16.5 Å². The molecular weight excluding hydrogens is 278 g/mol. The summed E-state index contributed by atoms with van der Waals surface area (Å²) in [7, 11) is 0. The maximum Gasteiger partial charge on any atom is 0.187 e. The van der Waals surface area contributed by atoms with Crippen molar-refractivity contribution in [1.82, 2.24) is 9.97 Å². The third-order valence-corrected chi connectivity index (χ3v) is 3.18. The summed E-state index contributed by atoms with van der Waals surface area (Å²) >= 11 is 1.57. The minimum atomic E-state index is 0.850. The summed E-state index contributed by atoms with van der Waals surface area (Å²) in [6.45, 7) is 9.75. The van der Waals surface area contributed by atoms with Gasteiger partial charge in [-0.25, -0.2) is 4.98 Å². The third kappa shape index (κ3) is 5.36. The normalized spacial score (nSPS) is 10.9. The van der Waals surface area contributed by atoms with Crippen molar-refractivity contribution in [3.63, 3.8) is 0 Å². The second-order valence-electron chi connectivity index (χ2n) is 3.75. The fraction of sp³-hybridized carbons (Fsp3) is 0.176. The number of nitrogens with one attached hydrogen (secondary N) is 1. The molecule has 2 rings (SSSR count). The average Bonchev–Trinajstić information content (AvgIpc) is 3.02. The molecule has 0 aliphatic rings. The maximum absolute atomic E-state index is 4.54. The minimum absolute atomic E-state index is 0.850. The molecule has 0 bridgehead atoms. The Balaban J connectivity index is 0.00000106. The summed E-state index contributed by atoms with van der Waals surface area (Å²) in [5.74, 6) is 0. The van der Waals surface area contributed by atoms with E-state index in [2.05, 4.69) is 21.9 Å². The number of allylic oxidation sites excluding steroid dienone is 4. The van der Waals surface area contributed by atoms with Crippen molar-refractivity contribution in [3.05, 3.63) is 66.5 Å². The zero-order chi connectivity index (χ0) is 15.5. The van der Waals surface area contributed by atoms with Gasteiger partial charge in [0.1, 0.15) is 0 Å². The highest BCUT2D eigenvalue weighted by Crippen LogP contribution is 2.25. The summed E-state index contributed by atoms with van der Waals surface area (Å²) in [5.41, 5.74) is 2.94. The number of anilines is 1. The molecule has 0 fully saturated rings. The second kappa shape index (κ2) is 9.66. The van der Waals surface area contributed by atoms with Gasteiger partial charge >= 0.3 is 0 Å². The first-order valence-corrected chi connectivity index (χ1v) is 7.80. The predicted octanol–water partition coefficient (Wildman–Crippen LogP) is 5.29. The Bertz CT molecular complexity index is 598. The van der Waals surface area contributed by atoms with E-state index in [9.17, 15) is 0 Å². The zero-order valence-electron chi connectivity index (χ0n) is 12.7. The number of pyridine rings is 1. The zero-order valence-corrected chi connectivity index (χ0v) is 13.5. The van der Waals surface area contributed by atoms with Crippen LogP contribution in [0.15, 0.2) is 66.5 Å². The highest BCUT2D eigenvalue weighted by atomic mass is 32.1. The first kappa shape index (κ1) is 16.9. The molecule has 0 aliphatic carbocycles. The summed E-state index contributed by atoms with van der Waals surface area (Å²) < 4.78 is 0. The average molecular weight is 299 g/mol. The van der Waals surface area contributed by atoms with Crippen molar-refractivity contribution in [2.24, 2.45) is 0 Å². The molecule has 110 valence electrons. The van der Waals surface area contributed by atoms with Crippen LogP contribution in [0.5, 0.6) is 0 Å². The van der Waals surface area contributed by atoms with Crippen LogP contribution in [0.2, 0.25) is 0 Å². The van der Waals surface area contributed by atoms with Crippen molar-refractivity contribution in [2.45, 2.75) is 20.8 Å². The first-order valence-electron chi connectivity index (χ1n) is 6.92. The Morgan fingerprint density at radius 2 is 2.00 bits per heavy atom. The number of aromatic nitrogens is 2. The van der Waals surface area contributed by atoms with Gasteiger partial charge in [-0.05, 0) is 31.2 Å². The molecule has 2 aromatic rings. The van der Waals surface area contributed by atoms with Crippen molar-refractivity contribution in [3.8, 4) is 11.3 Å². The molecule has 1 N–H and O–H groups in total. The van der Waals surface area contributed by atoms with Crippen LogP contribution in [0.4, 0.5) is 5.13 Å². The summed E-state index contributed by atoms with van der Waals surface area (Å²) in [5, 5.41) is 6.11. The molecule has 0 aliphatic heterocycles. The molecule has 0 aromatic carbocycles. The Kier molecular flexibility index (Phi) is 7.76. The van der Waals surface area contributed by atoms with Crippen LogP contribution in [0.3, 0.4) is 0 Å². The lowest BCUT2D eigenvalue weighted by molar-refractivity contribution is 1.31. The van der Waals surface area contributed by atoms with Gasteiger partial charge in [0, 0.05) is 29.0 Å². The van der Waals surface area contributed by atoms with E-state index in [0.717, 1.165) is 22.1 Å². The van der Waals surface area contributed by atoms with Gasteiger partial charge in [-0.15, -0.1) is 11.3 Å². The van der Waals surface area contributed by atoms with Crippen LogP contribution in [-0.2, 0) is 0 Å². The monoisotopic (exact) mass is 299 g/mol. The molecule has 4 heteroatoms. The van der Waals surface area contributed by atoms with Crippen molar-refractivity contribution in [2.75, 3.05) is 5.32 Å². The molecule has 0 atom stereocenters. The van der Waals surface area contributed by atoms with Crippen LogP contribution in [0.25, 0.3) is 11.3 Å². The van der Waals surface area contributed by atoms with Gasteiger partial charge in [0.05, 0.1) is 5.69 Å². The van der Waals surface area contributed by atoms with E-state index < -0.39 is 0 Å². The topological polar surface area (TPSA) is 37.8 Å². The Morgan fingerprint density at radius 3 is 2.62 bits per heavy atom. The largest absolute Gasteiger partial charge is 0.332 e. The number of nitrogens with zero attached hydrogens (tertiary/aromatic N) is 2. The lowest BCUT2D eigenvalue weighted by atomic mass is 10.2. The van der Waals surface area contributed by atoms with Gasteiger partial charge in [-0.2, -0.15) is 0 Å². The molecule has 2 aromatic heterocycles. The van der Waals surface area contributed by atoms with Gasteiger partial charge in [-0.1, -0.05) is 32.6 Å². The van der Waals surface area contributed by atoms with E-state index in [1.807, 2.05) is 56.5 Å². The quantitative estimate of drug-likeness (QED) is 0.762. The fourth-order valence-corrected chi connectivity index (χ4v) is 2.21. The second-order valence-corrected chi connectivity index (χ2v) is 4.61. The number of thiazole rings is 1. The summed E-state index contributed by atoms with van der Waals surface area (Å²) in [4.78, 5) is 8.55. The lowest BCUT2D eigenvalue weighted by Crippen LogP contribution is -1.95. The highest BCUT2D eigenvalue weighted by molar-refractivity contribution is 7.14. The standard InChI is InChI=1S/C15H15N3S.C2H6/c1-3-5-6-13(4-2)17-15-18-14(11-19-15)12-7-9-16-10-8-12;1-2/h3-11H,2H2,1H3,(H,17,18);1-2H3/b5-3-,13-6+;. The van der Waals surface area contributed by atoms with Gasteiger partial charge < -0.3 is 5.32 Å². The molecule has 0 saturated heterocycles. The van der Waals surface area contributed by atoms with Crippen LogP contribution < -0.4 is 5.32 Å². The Morgan fingerprint density at radius 1 is 1.29 bits per heavy atom. The van der Waals surface area contributed by atoms with Crippen LogP contribution in [0.1, 0.15) is 20.8 Å². The highest BCUT2D eigenvalue weighted by Gasteiger charge is 2.04. The minimum Gasteiger partial charge on any atom is -0.332 e. The number of rotatable bonds is 5. The SMILES string of the molecule is C=C/C(=C\C=C/C)Nc1nc(-c2ccncc2)cs1.CC. The summed E-state index contributed by atoms with van der Waals surface area (Å²) in [6, 6.07) is 3.89. The molecule has 3 nitrogen and oxygen atoms in total. The van der Waals surface area contributed by atoms with E-state index in [-0.39, 0.29) is 0 Å². The third-order valence-electron chi connectivity index (χ3n) is 2.42. The predicted molar refractivity (Wildman–Crippen MR) is 93.4 cm³/mol. The van der Waals surface area contributed by atoms with E-state index in [0.29, 0.717) is 0 Å². The van der Waals surface area contributed by atoms with E-state index in [4.69, 9.17) is 0 Å². The molecule has 21 heavy (non-hydrogen) atoms. The molecule has 0 spiro atoms. The van der Waals surface area contributed by atoms with Crippen LogP contribution in [0, 0.1) is 0 Å². The van der Waals surface area contributed by atoms with Gasteiger partial charge in [-0.3, -0.25) is 4.98 Å². The molecule has 0 saturated carbocycles. The molecule has 0 unspecified atom stereocenters. The first-order chi connectivity index (χ1) is 10.3. The van der Waals surface area contributed by atoms with E-state index in [1.165, 1.54) is 0 Å². The number of hydrogen-bond donors (Lipinski definition) is 1. The van der Waals surface area contributed by atoms with Crippen LogP contribution in [-0.4, -0.2) is 9.97 Å². The van der Waals surface area contributed by atoms with Gasteiger partial charge in [0.25, 0.3) is 0 Å². The maximum atomic E-state index is 4.54. The van der Waals surface area contributed by atoms with Gasteiger partial charge in [0.15, 0.2) is 5.13 Å². The van der Waals surface area contributed by atoms with E-state index >= 15 is 0 Å². The number of hydrogen-bond acceptors (Lipinski definition) is 4. The molecule has 0 radical (unpaired) electrons. The van der Waals surface area contributed by atoms with Gasteiger partial charge in [0.2, 0.25) is 0 Å². The summed E-state index contributed by atoms with van der Waals surface area (Å²) in [6.07, 6.45) is 11.2. The Hall–Kier alpha value is -2.20. The smallest absolute Gasteiger partial charge is 0.187 e. The lowest BCUT2D eigenvalue weighted by Gasteiger charge is -2.01. The van der Waals surface area contributed by atoms with E-state index in [1.54, 1.807) is 29.8 Å². The molecular formula is C17H21N3S. The molecule has 2 heterocycles. The van der Waals surface area contributed by atoms with Crippen molar-refractivity contribution < 1.29 is 0 Å². The van der Waals surface area contributed by atoms with Crippen LogP contribution >= 0.6 is 11.3 Å².